The number of para-hydroxylation sites is 1. The number of Topliss-reactive ketones (excluding diaryl/α,β-unsaturated/α-hetero) is 1. The maximum atomic E-state index is 11.6. The van der Waals surface area contributed by atoms with Crippen molar-refractivity contribution >= 4 is 16.8 Å². The number of furan rings is 1. The smallest absolute Gasteiger partial charge is 0.200 e. The molecule has 86 valence electrons. The van der Waals surface area contributed by atoms with Crippen LogP contribution >= 0.6 is 0 Å². The molecule has 16 heavy (non-hydrogen) atoms. The highest BCUT2D eigenvalue weighted by Crippen LogP contribution is 2.20. The second-order valence-corrected chi connectivity index (χ2v) is 3.67. The summed E-state index contributed by atoms with van der Waals surface area (Å²) in [4.78, 5) is 11.6. The molecule has 1 aromatic heterocycles. The fourth-order valence-electron chi connectivity index (χ4n) is 1.39. The van der Waals surface area contributed by atoms with Crippen LogP contribution in [0.3, 0.4) is 0 Å². The van der Waals surface area contributed by atoms with Crippen molar-refractivity contribution in [3.8, 4) is 0 Å². The van der Waals surface area contributed by atoms with Gasteiger partial charge in [-0.2, -0.15) is 0 Å². The Kier molecular flexibility index (Phi) is 4.29. The second-order valence-electron chi connectivity index (χ2n) is 3.67. The first-order valence-electron chi connectivity index (χ1n) is 5.71. The minimum Gasteiger partial charge on any atom is -0.453 e. The monoisotopic (exact) mass is 218 g/mol. The number of ketones is 1. The minimum absolute atomic E-state index is 0.0180. The molecule has 1 aromatic carbocycles. The number of fused-ring (bicyclic) bond motifs is 1. The lowest BCUT2D eigenvalue weighted by molar-refractivity contribution is 0.0913. The zero-order chi connectivity index (χ0) is 12.1. The molecule has 0 spiro atoms. The molecule has 0 saturated carbocycles. The molecule has 2 rings (SSSR count). The molecular formula is C14H18O2. The molecule has 0 aliphatic rings. The van der Waals surface area contributed by atoms with Gasteiger partial charge in [-0.1, -0.05) is 45.9 Å². The molecule has 2 heteroatoms. The van der Waals surface area contributed by atoms with Crippen LogP contribution in [0.4, 0.5) is 0 Å². The minimum atomic E-state index is -0.0180. The molecule has 0 fully saturated rings. The summed E-state index contributed by atoms with van der Waals surface area (Å²) in [5.74, 6) is 0.498. The van der Waals surface area contributed by atoms with Crippen molar-refractivity contribution in [3.05, 3.63) is 36.1 Å². The maximum Gasteiger partial charge on any atom is 0.200 e. The van der Waals surface area contributed by atoms with E-state index in [0.29, 0.717) is 5.76 Å². The SMILES string of the molecule is CC.CC(C)C(=O)c1cc2ccccc2o1. The van der Waals surface area contributed by atoms with Crippen molar-refractivity contribution in [2.24, 2.45) is 5.92 Å². The Hall–Kier alpha value is -1.57. The fourth-order valence-corrected chi connectivity index (χ4v) is 1.39. The van der Waals surface area contributed by atoms with Crippen molar-refractivity contribution in [1.82, 2.24) is 0 Å². The van der Waals surface area contributed by atoms with Crippen LogP contribution in [-0.2, 0) is 0 Å². The third-order valence-electron chi connectivity index (χ3n) is 2.19. The zero-order valence-electron chi connectivity index (χ0n) is 10.3. The van der Waals surface area contributed by atoms with Gasteiger partial charge in [0.1, 0.15) is 5.58 Å². The Balaban J connectivity index is 0.000000606. The van der Waals surface area contributed by atoms with Gasteiger partial charge in [0.25, 0.3) is 0 Å². The number of rotatable bonds is 2. The summed E-state index contributed by atoms with van der Waals surface area (Å²) in [6.07, 6.45) is 0. The van der Waals surface area contributed by atoms with Gasteiger partial charge in [-0.15, -0.1) is 0 Å². The van der Waals surface area contributed by atoms with Crippen LogP contribution in [0.25, 0.3) is 11.0 Å². The second kappa shape index (κ2) is 5.50. The van der Waals surface area contributed by atoms with Gasteiger partial charge in [0, 0.05) is 11.3 Å². The Bertz CT molecular complexity index is 433. The van der Waals surface area contributed by atoms with E-state index in [4.69, 9.17) is 4.42 Å². The molecule has 0 aliphatic carbocycles. The molecule has 2 nitrogen and oxygen atoms in total. The number of hydrogen-bond donors (Lipinski definition) is 0. The molecule has 1 heterocycles. The summed E-state index contributed by atoms with van der Waals surface area (Å²) in [6, 6.07) is 9.44. The summed E-state index contributed by atoms with van der Waals surface area (Å²) in [7, 11) is 0. The van der Waals surface area contributed by atoms with E-state index in [9.17, 15) is 4.79 Å². The third kappa shape index (κ3) is 2.51. The van der Waals surface area contributed by atoms with Crippen LogP contribution in [0.2, 0.25) is 0 Å². The van der Waals surface area contributed by atoms with Crippen LogP contribution in [0.1, 0.15) is 38.2 Å². The molecule has 0 amide bonds. The predicted molar refractivity (Wildman–Crippen MR) is 66.7 cm³/mol. The largest absolute Gasteiger partial charge is 0.453 e. The summed E-state index contributed by atoms with van der Waals surface area (Å²) >= 11 is 0. The van der Waals surface area contributed by atoms with Gasteiger partial charge in [-0.05, 0) is 12.1 Å². The lowest BCUT2D eigenvalue weighted by atomic mass is 10.1. The molecule has 0 bridgehead atoms. The van der Waals surface area contributed by atoms with E-state index in [1.807, 2.05) is 52.0 Å². The Labute approximate surface area is 96.3 Å². The average Bonchev–Trinajstić information content (AvgIpc) is 2.74. The topological polar surface area (TPSA) is 30.2 Å². The van der Waals surface area contributed by atoms with E-state index in [1.54, 1.807) is 6.07 Å². The number of carbonyl (C=O) groups excluding carboxylic acids is 1. The first-order valence-corrected chi connectivity index (χ1v) is 5.71. The Morgan fingerprint density at radius 2 is 1.81 bits per heavy atom. The maximum absolute atomic E-state index is 11.6. The Morgan fingerprint density at radius 1 is 1.19 bits per heavy atom. The molecule has 0 aliphatic heterocycles. The van der Waals surface area contributed by atoms with Crippen LogP contribution in [-0.4, -0.2) is 5.78 Å². The molecule has 0 N–H and O–H groups in total. The van der Waals surface area contributed by atoms with Crippen LogP contribution in [0.15, 0.2) is 34.7 Å². The number of carbonyl (C=O) groups is 1. The summed E-state index contributed by atoms with van der Waals surface area (Å²) in [6.45, 7) is 7.74. The molecule has 0 saturated heterocycles. The van der Waals surface area contributed by atoms with Crippen molar-refractivity contribution in [2.45, 2.75) is 27.7 Å². The van der Waals surface area contributed by atoms with Gasteiger partial charge in [-0.25, -0.2) is 0 Å². The number of hydrogen-bond acceptors (Lipinski definition) is 2. The molecule has 0 unspecified atom stereocenters. The highest BCUT2D eigenvalue weighted by Gasteiger charge is 2.14. The lowest BCUT2D eigenvalue weighted by Crippen LogP contribution is -2.05. The van der Waals surface area contributed by atoms with E-state index in [-0.39, 0.29) is 11.7 Å². The Morgan fingerprint density at radius 3 is 2.38 bits per heavy atom. The molecule has 0 radical (unpaired) electrons. The van der Waals surface area contributed by atoms with Crippen LogP contribution in [0, 0.1) is 5.92 Å². The third-order valence-corrected chi connectivity index (χ3v) is 2.19. The van der Waals surface area contributed by atoms with Crippen LogP contribution < -0.4 is 0 Å². The lowest BCUT2D eigenvalue weighted by Gasteiger charge is -1.97. The molecule has 2 aromatic rings. The standard InChI is InChI=1S/C12H12O2.C2H6/c1-8(2)12(13)11-7-9-5-3-4-6-10(9)14-11;1-2/h3-8H,1-2H3;1-2H3. The van der Waals surface area contributed by atoms with Crippen molar-refractivity contribution in [3.63, 3.8) is 0 Å². The van der Waals surface area contributed by atoms with E-state index < -0.39 is 0 Å². The van der Waals surface area contributed by atoms with E-state index in [2.05, 4.69) is 0 Å². The summed E-state index contributed by atoms with van der Waals surface area (Å²) < 4.78 is 5.44. The molecular weight excluding hydrogens is 200 g/mol. The van der Waals surface area contributed by atoms with E-state index in [0.717, 1.165) is 11.0 Å². The highest BCUT2D eigenvalue weighted by atomic mass is 16.3. The quantitative estimate of drug-likeness (QED) is 0.703. The first kappa shape index (κ1) is 12.5. The van der Waals surface area contributed by atoms with Gasteiger partial charge in [0.2, 0.25) is 5.78 Å². The van der Waals surface area contributed by atoms with Crippen molar-refractivity contribution in [1.29, 1.82) is 0 Å². The van der Waals surface area contributed by atoms with Gasteiger partial charge >= 0.3 is 0 Å². The fraction of sp³-hybridized carbons (Fsp3) is 0.357. The van der Waals surface area contributed by atoms with Gasteiger partial charge in [-0.3, -0.25) is 4.79 Å². The summed E-state index contributed by atoms with van der Waals surface area (Å²) in [5.41, 5.74) is 0.775. The zero-order valence-corrected chi connectivity index (χ0v) is 10.3. The van der Waals surface area contributed by atoms with E-state index >= 15 is 0 Å². The van der Waals surface area contributed by atoms with Crippen LogP contribution in [0.5, 0.6) is 0 Å². The normalized spacial score (nSPS) is 10.1. The van der Waals surface area contributed by atoms with E-state index in [1.165, 1.54) is 0 Å². The van der Waals surface area contributed by atoms with Gasteiger partial charge < -0.3 is 4.42 Å². The van der Waals surface area contributed by atoms with Crippen molar-refractivity contribution < 1.29 is 9.21 Å². The number of benzene rings is 1. The first-order chi connectivity index (χ1) is 7.68. The summed E-state index contributed by atoms with van der Waals surface area (Å²) in [5, 5.41) is 0.983. The predicted octanol–water partition coefficient (Wildman–Crippen LogP) is 4.30. The average molecular weight is 218 g/mol. The highest BCUT2D eigenvalue weighted by molar-refractivity contribution is 5.98. The van der Waals surface area contributed by atoms with Crippen molar-refractivity contribution in [2.75, 3.05) is 0 Å². The van der Waals surface area contributed by atoms with Gasteiger partial charge in [0.15, 0.2) is 5.76 Å². The molecule has 0 atom stereocenters. The van der Waals surface area contributed by atoms with Gasteiger partial charge in [0.05, 0.1) is 0 Å².